The molecule has 0 aliphatic carbocycles. The van der Waals surface area contributed by atoms with E-state index in [2.05, 4.69) is 5.32 Å². The molecule has 0 aliphatic rings. The van der Waals surface area contributed by atoms with Crippen molar-refractivity contribution in [2.45, 2.75) is 13.1 Å². The van der Waals surface area contributed by atoms with E-state index in [1.807, 2.05) is 29.2 Å². The van der Waals surface area contributed by atoms with E-state index in [0.717, 1.165) is 11.5 Å². The zero-order valence-corrected chi connectivity index (χ0v) is 14.8. The van der Waals surface area contributed by atoms with Gasteiger partial charge >= 0.3 is 0 Å². The molecule has 130 valence electrons. The minimum atomic E-state index is -0.192. The molecule has 0 saturated heterocycles. The third kappa shape index (κ3) is 5.13. The van der Waals surface area contributed by atoms with Crippen LogP contribution >= 0.6 is 23.2 Å². The van der Waals surface area contributed by atoms with Crippen molar-refractivity contribution in [2.24, 2.45) is 0 Å². The Bertz CT molecular complexity index is 781. The Balaban J connectivity index is 1.66. The summed E-state index contributed by atoms with van der Waals surface area (Å²) in [5.74, 6) is 1.34. The number of rotatable bonds is 7. The van der Waals surface area contributed by atoms with Crippen molar-refractivity contribution < 1.29 is 13.6 Å². The third-order valence-electron chi connectivity index (χ3n) is 3.49. The maximum atomic E-state index is 12.4. The van der Waals surface area contributed by atoms with Crippen LogP contribution in [0.2, 0.25) is 10.0 Å². The number of carbonyl (C=O) groups excluding carboxylic acids is 1. The highest BCUT2D eigenvalue weighted by Gasteiger charge is 2.15. The van der Waals surface area contributed by atoms with Gasteiger partial charge < -0.3 is 14.2 Å². The van der Waals surface area contributed by atoms with E-state index in [0.29, 0.717) is 28.8 Å². The lowest BCUT2D eigenvalue weighted by molar-refractivity contribution is -0.117. The van der Waals surface area contributed by atoms with Crippen LogP contribution < -0.4 is 5.32 Å². The molecule has 0 fully saturated rings. The van der Waals surface area contributed by atoms with Crippen LogP contribution in [-0.4, -0.2) is 17.4 Å². The van der Waals surface area contributed by atoms with Crippen molar-refractivity contribution in [1.82, 2.24) is 4.90 Å². The van der Waals surface area contributed by atoms with Crippen molar-refractivity contribution in [3.63, 3.8) is 0 Å². The Morgan fingerprint density at radius 2 is 1.64 bits per heavy atom. The van der Waals surface area contributed by atoms with Gasteiger partial charge in [-0.25, -0.2) is 0 Å². The number of carbonyl (C=O) groups is 1. The first-order chi connectivity index (χ1) is 12.1. The highest BCUT2D eigenvalue weighted by atomic mass is 35.5. The van der Waals surface area contributed by atoms with Crippen LogP contribution in [0.15, 0.2) is 63.8 Å². The summed E-state index contributed by atoms with van der Waals surface area (Å²) in [6, 6.07) is 12.3. The molecule has 2 aromatic heterocycles. The second kappa shape index (κ2) is 8.25. The Hall–Kier alpha value is -2.21. The SMILES string of the molecule is O=C(CN(Cc1ccco1)Cc1ccco1)Nc1ccc(Cl)cc1Cl. The zero-order chi connectivity index (χ0) is 17.6. The average molecular weight is 379 g/mol. The van der Waals surface area contributed by atoms with Crippen LogP contribution in [0.4, 0.5) is 5.69 Å². The molecule has 0 bridgehead atoms. The highest BCUT2D eigenvalue weighted by Crippen LogP contribution is 2.25. The second-order valence-corrected chi connectivity index (χ2v) is 6.32. The molecule has 1 aromatic carbocycles. The summed E-state index contributed by atoms with van der Waals surface area (Å²) in [4.78, 5) is 14.3. The van der Waals surface area contributed by atoms with Gasteiger partial charge in [-0.2, -0.15) is 0 Å². The quantitative estimate of drug-likeness (QED) is 0.640. The summed E-state index contributed by atoms with van der Waals surface area (Å²) in [6.45, 7) is 1.12. The van der Waals surface area contributed by atoms with Gasteiger partial charge in [0.05, 0.1) is 42.9 Å². The number of halogens is 2. The van der Waals surface area contributed by atoms with Gasteiger partial charge in [0.25, 0.3) is 0 Å². The molecule has 1 N–H and O–H groups in total. The number of benzene rings is 1. The molecule has 1 amide bonds. The summed E-state index contributed by atoms with van der Waals surface area (Å²) >= 11 is 12.0. The maximum Gasteiger partial charge on any atom is 0.238 e. The van der Waals surface area contributed by atoms with Crippen molar-refractivity contribution in [1.29, 1.82) is 0 Å². The Morgan fingerprint density at radius 1 is 1.00 bits per heavy atom. The predicted octanol–water partition coefficient (Wildman–Crippen LogP) is 4.82. The fourth-order valence-corrected chi connectivity index (χ4v) is 2.85. The molecule has 7 heteroatoms. The topological polar surface area (TPSA) is 58.6 Å². The van der Waals surface area contributed by atoms with Crippen LogP contribution in [0.5, 0.6) is 0 Å². The predicted molar refractivity (Wildman–Crippen MR) is 96.6 cm³/mol. The first-order valence-electron chi connectivity index (χ1n) is 7.62. The van der Waals surface area contributed by atoms with Gasteiger partial charge in [-0.15, -0.1) is 0 Å². The monoisotopic (exact) mass is 378 g/mol. The Morgan fingerprint density at radius 3 is 2.16 bits per heavy atom. The maximum absolute atomic E-state index is 12.4. The van der Waals surface area contributed by atoms with Gasteiger partial charge in [-0.1, -0.05) is 23.2 Å². The van der Waals surface area contributed by atoms with Gasteiger partial charge in [-0.3, -0.25) is 9.69 Å². The first-order valence-corrected chi connectivity index (χ1v) is 8.38. The van der Waals surface area contributed by atoms with E-state index < -0.39 is 0 Å². The zero-order valence-electron chi connectivity index (χ0n) is 13.2. The van der Waals surface area contributed by atoms with E-state index in [4.69, 9.17) is 32.0 Å². The van der Waals surface area contributed by atoms with Crippen LogP contribution in [0.3, 0.4) is 0 Å². The smallest absolute Gasteiger partial charge is 0.238 e. The van der Waals surface area contributed by atoms with Crippen molar-refractivity contribution in [2.75, 3.05) is 11.9 Å². The third-order valence-corrected chi connectivity index (χ3v) is 4.04. The lowest BCUT2D eigenvalue weighted by Gasteiger charge is -2.19. The summed E-state index contributed by atoms with van der Waals surface area (Å²) in [6.07, 6.45) is 3.21. The molecule has 3 aromatic rings. The largest absolute Gasteiger partial charge is 0.468 e. The molecule has 0 unspecified atom stereocenters. The Kier molecular flexibility index (Phi) is 5.81. The molecular formula is C18H16Cl2N2O3. The fraction of sp³-hybridized carbons (Fsp3) is 0.167. The molecule has 0 saturated carbocycles. The molecule has 5 nitrogen and oxygen atoms in total. The standard InChI is InChI=1S/C18H16Cl2N2O3/c19-13-5-6-17(16(20)9-13)21-18(23)12-22(10-14-3-1-7-24-14)11-15-4-2-8-25-15/h1-9H,10-12H2,(H,21,23). The average Bonchev–Trinajstić information content (AvgIpc) is 3.24. The lowest BCUT2D eigenvalue weighted by atomic mass is 10.3. The molecule has 0 aliphatic heterocycles. The van der Waals surface area contributed by atoms with E-state index in [1.54, 1.807) is 30.7 Å². The number of furan rings is 2. The van der Waals surface area contributed by atoms with Crippen LogP contribution in [0.25, 0.3) is 0 Å². The molecule has 3 rings (SSSR count). The summed E-state index contributed by atoms with van der Waals surface area (Å²) < 4.78 is 10.8. The molecular weight excluding hydrogens is 363 g/mol. The number of hydrogen-bond donors (Lipinski definition) is 1. The minimum absolute atomic E-state index is 0.153. The van der Waals surface area contributed by atoms with E-state index in [-0.39, 0.29) is 12.5 Å². The lowest BCUT2D eigenvalue weighted by Crippen LogP contribution is -2.32. The van der Waals surface area contributed by atoms with E-state index >= 15 is 0 Å². The van der Waals surface area contributed by atoms with Crippen molar-refractivity contribution in [3.8, 4) is 0 Å². The van der Waals surface area contributed by atoms with Gasteiger partial charge in [0.1, 0.15) is 11.5 Å². The van der Waals surface area contributed by atoms with Crippen molar-refractivity contribution >= 4 is 34.8 Å². The summed E-state index contributed by atoms with van der Waals surface area (Å²) in [7, 11) is 0. The molecule has 0 spiro atoms. The normalized spacial score (nSPS) is 11.0. The Labute approximate surface area is 155 Å². The van der Waals surface area contributed by atoms with Gasteiger partial charge in [-0.05, 0) is 42.5 Å². The number of amides is 1. The van der Waals surface area contributed by atoms with Gasteiger partial charge in [0, 0.05) is 5.02 Å². The summed E-state index contributed by atoms with van der Waals surface area (Å²) in [5.41, 5.74) is 0.520. The van der Waals surface area contributed by atoms with Crippen molar-refractivity contribution in [3.05, 3.63) is 76.6 Å². The van der Waals surface area contributed by atoms with E-state index in [9.17, 15) is 4.79 Å². The molecule has 0 atom stereocenters. The number of hydrogen-bond acceptors (Lipinski definition) is 4. The van der Waals surface area contributed by atoms with Crippen LogP contribution in [-0.2, 0) is 17.9 Å². The van der Waals surface area contributed by atoms with Gasteiger partial charge in [0.2, 0.25) is 5.91 Å². The summed E-state index contributed by atoms with van der Waals surface area (Å²) in [5, 5.41) is 3.70. The molecule has 2 heterocycles. The number of nitrogens with zero attached hydrogens (tertiary/aromatic N) is 1. The van der Waals surface area contributed by atoms with Crippen LogP contribution in [0.1, 0.15) is 11.5 Å². The highest BCUT2D eigenvalue weighted by molar-refractivity contribution is 6.36. The minimum Gasteiger partial charge on any atom is -0.468 e. The molecule has 0 radical (unpaired) electrons. The first kappa shape index (κ1) is 17.6. The van der Waals surface area contributed by atoms with Gasteiger partial charge in [0.15, 0.2) is 0 Å². The molecule has 25 heavy (non-hydrogen) atoms. The fourth-order valence-electron chi connectivity index (χ4n) is 2.40. The number of anilines is 1. The van der Waals surface area contributed by atoms with Crippen LogP contribution in [0, 0.1) is 0 Å². The van der Waals surface area contributed by atoms with E-state index in [1.165, 1.54) is 0 Å². The number of nitrogens with one attached hydrogen (secondary N) is 1. The second-order valence-electron chi connectivity index (χ2n) is 5.48.